The summed E-state index contributed by atoms with van der Waals surface area (Å²) in [4.78, 5) is 12.6. The van der Waals surface area contributed by atoms with E-state index in [2.05, 4.69) is 41.5 Å². The number of hydrogen-bond donors (Lipinski definition) is 1. The van der Waals surface area contributed by atoms with Gasteiger partial charge in [0, 0.05) is 11.1 Å². The maximum absolute atomic E-state index is 13.0. The zero-order chi connectivity index (χ0) is 19.8. The molecule has 0 bridgehead atoms. The number of halogens is 1. The zero-order valence-corrected chi connectivity index (χ0v) is 16.5. The van der Waals surface area contributed by atoms with E-state index in [1.165, 1.54) is 36.0 Å². The summed E-state index contributed by atoms with van der Waals surface area (Å²) in [6, 6.07) is 13.9. The quantitative estimate of drug-likeness (QED) is 0.507. The van der Waals surface area contributed by atoms with Gasteiger partial charge in [-0.2, -0.15) is 0 Å². The largest absolute Gasteiger partial charge is 0.325 e. The number of rotatable bonds is 4. The van der Waals surface area contributed by atoms with Crippen molar-refractivity contribution in [3.05, 3.63) is 65.5 Å². The number of aryl methyl sites for hydroxylation is 2. The Kier molecular flexibility index (Phi) is 4.77. The minimum Gasteiger partial charge on any atom is -0.325 e. The second-order valence-corrected chi connectivity index (χ2v) is 8.04. The van der Waals surface area contributed by atoms with E-state index in [1.807, 2.05) is 23.5 Å². The van der Waals surface area contributed by atoms with Gasteiger partial charge in [0.1, 0.15) is 5.82 Å². The van der Waals surface area contributed by atoms with Gasteiger partial charge in [-0.05, 0) is 62.2 Å². The molecule has 0 radical (unpaired) electrons. The maximum atomic E-state index is 13.0. The summed E-state index contributed by atoms with van der Waals surface area (Å²) in [5.41, 5.74) is 4.62. The highest BCUT2D eigenvalue weighted by Gasteiger charge is 2.20. The second kappa shape index (κ2) is 7.24. The summed E-state index contributed by atoms with van der Waals surface area (Å²) in [6.45, 7) is 5.93. The predicted octanol–water partition coefficient (Wildman–Crippen LogP) is 4.76. The van der Waals surface area contributed by atoms with E-state index < -0.39 is 5.25 Å². The number of benzene rings is 2. The van der Waals surface area contributed by atoms with Crippen LogP contribution in [0.4, 0.5) is 10.1 Å². The molecule has 7 heteroatoms. The fourth-order valence-corrected chi connectivity index (χ4v) is 4.06. The molecular weight excluding hydrogens is 375 g/mol. The number of carbonyl (C=O) groups excluding carboxylic acids is 1. The van der Waals surface area contributed by atoms with Gasteiger partial charge in [0.25, 0.3) is 0 Å². The van der Waals surface area contributed by atoms with Gasteiger partial charge in [0.15, 0.2) is 10.8 Å². The fraction of sp³-hybridized carbons (Fsp3) is 0.190. The molecule has 0 spiro atoms. The number of hydrogen-bond acceptors (Lipinski definition) is 4. The lowest BCUT2D eigenvalue weighted by Gasteiger charge is -2.13. The Balaban J connectivity index is 1.66. The molecule has 2 heterocycles. The molecule has 4 rings (SSSR count). The summed E-state index contributed by atoms with van der Waals surface area (Å²) in [5.74, 6) is -0.519. The Morgan fingerprint density at radius 3 is 2.61 bits per heavy atom. The van der Waals surface area contributed by atoms with Crippen molar-refractivity contribution in [2.75, 3.05) is 5.32 Å². The summed E-state index contributed by atoms with van der Waals surface area (Å²) in [7, 11) is 0. The summed E-state index contributed by atoms with van der Waals surface area (Å²) in [6.07, 6.45) is 0. The molecule has 1 N–H and O–H groups in total. The predicted molar refractivity (Wildman–Crippen MR) is 110 cm³/mol. The first-order valence-corrected chi connectivity index (χ1v) is 9.79. The number of fused-ring (bicyclic) bond motifs is 3. The molecule has 2 aromatic carbocycles. The molecule has 0 aliphatic rings. The normalized spacial score (nSPS) is 12.4. The molecule has 4 aromatic rings. The lowest BCUT2D eigenvalue weighted by Crippen LogP contribution is -2.22. The summed E-state index contributed by atoms with van der Waals surface area (Å²) < 4.78 is 15.0. The highest BCUT2D eigenvalue weighted by molar-refractivity contribution is 8.00. The first kappa shape index (κ1) is 18.4. The third kappa shape index (κ3) is 3.33. The van der Waals surface area contributed by atoms with Crippen LogP contribution in [0.1, 0.15) is 18.1 Å². The van der Waals surface area contributed by atoms with Gasteiger partial charge in [-0.1, -0.05) is 30.0 Å². The van der Waals surface area contributed by atoms with Gasteiger partial charge < -0.3 is 5.32 Å². The number of anilines is 1. The van der Waals surface area contributed by atoms with E-state index in [-0.39, 0.29) is 11.7 Å². The van der Waals surface area contributed by atoms with Gasteiger partial charge in [0.2, 0.25) is 5.91 Å². The van der Waals surface area contributed by atoms with Gasteiger partial charge in [-0.25, -0.2) is 4.39 Å². The first-order valence-electron chi connectivity index (χ1n) is 8.91. The Labute approximate surface area is 166 Å². The molecular formula is C21H19FN4OS. The monoisotopic (exact) mass is 394 g/mol. The molecule has 0 fully saturated rings. The number of nitrogens with zero attached hydrogens (tertiary/aromatic N) is 3. The SMILES string of the molecule is Cc1cc2nnc(S[C@H](C)C(=O)Nc3ccc(F)cc3)n2c2c(C)cccc12. The van der Waals surface area contributed by atoms with Crippen molar-refractivity contribution in [3.63, 3.8) is 0 Å². The Morgan fingerprint density at radius 1 is 1.11 bits per heavy atom. The van der Waals surface area contributed by atoms with Crippen LogP contribution in [-0.4, -0.2) is 25.8 Å². The average Bonchev–Trinajstić information content (AvgIpc) is 3.06. The van der Waals surface area contributed by atoms with Crippen LogP contribution < -0.4 is 5.32 Å². The number of nitrogens with one attached hydrogen (secondary N) is 1. The third-order valence-electron chi connectivity index (χ3n) is 4.65. The van der Waals surface area contributed by atoms with Crippen LogP contribution in [0.3, 0.4) is 0 Å². The van der Waals surface area contributed by atoms with E-state index in [1.54, 1.807) is 0 Å². The molecule has 0 saturated carbocycles. The van der Waals surface area contributed by atoms with Crippen molar-refractivity contribution >= 4 is 39.9 Å². The van der Waals surface area contributed by atoms with Crippen LogP contribution in [0, 0.1) is 19.7 Å². The van der Waals surface area contributed by atoms with Gasteiger partial charge in [-0.3, -0.25) is 9.20 Å². The number of para-hydroxylation sites is 1. The highest BCUT2D eigenvalue weighted by atomic mass is 32.2. The molecule has 0 saturated heterocycles. The number of carbonyl (C=O) groups is 1. The lowest BCUT2D eigenvalue weighted by molar-refractivity contribution is -0.115. The van der Waals surface area contributed by atoms with Gasteiger partial charge in [0.05, 0.1) is 10.8 Å². The topological polar surface area (TPSA) is 59.3 Å². The van der Waals surface area contributed by atoms with Crippen molar-refractivity contribution in [2.24, 2.45) is 0 Å². The third-order valence-corrected chi connectivity index (χ3v) is 5.70. The number of thioether (sulfide) groups is 1. The van der Waals surface area contributed by atoms with E-state index >= 15 is 0 Å². The van der Waals surface area contributed by atoms with Crippen molar-refractivity contribution in [1.82, 2.24) is 14.6 Å². The molecule has 142 valence electrons. The number of amides is 1. The van der Waals surface area contributed by atoms with E-state index in [4.69, 9.17) is 0 Å². The first-order chi connectivity index (χ1) is 13.4. The Hall–Kier alpha value is -2.93. The molecule has 28 heavy (non-hydrogen) atoms. The van der Waals surface area contributed by atoms with Gasteiger partial charge in [-0.15, -0.1) is 10.2 Å². The van der Waals surface area contributed by atoms with Crippen LogP contribution in [-0.2, 0) is 4.79 Å². The molecule has 5 nitrogen and oxygen atoms in total. The van der Waals surface area contributed by atoms with Crippen molar-refractivity contribution in [3.8, 4) is 0 Å². The highest BCUT2D eigenvalue weighted by Crippen LogP contribution is 2.30. The van der Waals surface area contributed by atoms with Crippen LogP contribution in [0.2, 0.25) is 0 Å². The van der Waals surface area contributed by atoms with Crippen LogP contribution in [0.15, 0.2) is 53.7 Å². The number of pyridine rings is 1. The van der Waals surface area contributed by atoms with E-state index in [9.17, 15) is 9.18 Å². The lowest BCUT2D eigenvalue weighted by atomic mass is 10.1. The van der Waals surface area contributed by atoms with Crippen molar-refractivity contribution in [2.45, 2.75) is 31.2 Å². The van der Waals surface area contributed by atoms with Crippen LogP contribution >= 0.6 is 11.8 Å². The minimum absolute atomic E-state index is 0.179. The molecule has 2 aromatic heterocycles. The molecule has 0 aliphatic heterocycles. The Morgan fingerprint density at radius 2 is 1.86 bits per heavy atom. The van der Waals surface area contributed by atoms with Crippen LogP contribution in [0.25, 0.3) is 16.6 Å². The van der Waals surface area contributed by atoms with E-state index in [0.29, 0.717) is 10.8 Å². The maximum Gasteiger partial charge on any atom is 0.237 e. The van der Waals surface area contributed by atoms with Gasteiger partial charge >= 0.3 is 0 Å². The molecule has 0 unspecified atom stereocenters. The minimum atomic E-state index is -0.405. The molecule has 1 atom stereocenters. The van der Waals surface area contributed by atoms with Crippen molar-refractivity contribution in [1.29, 1.82) is 0 Å². The summed E-state index contributed by atoms with van der Waals surface area (Å²) >= 11 is 1.34. The smallest absolute Gasteiger partial charge is 0.237 e. The summed E-state index contributed by atoms with van der Waals surface area (Å²) in [5, 5.41) is 12.8. The standard InChI is InChI=1S/C21H19FN4OS/c1-12-5-4-6-17-13(2)11-18-24-25-21(26(18)19(12)17)28-14(3)20(27)23-16-9-7-15(22)8-10-16/h4-11,14H,1-3H3,(H,23,27)/t14-/m1/s1. The Bertz CT molecular complexity index is 1190. The second-order valence-electron chi connectivity index (χ2n) is 6.73. The zero-order valence-electron chi connectivity index (χ0n) is 15.7. The average molecular weight is 394 g/mol. The molecule has 0 aliphatic carbocycles. The van der Waals surface area contributed by atoms with Crippen molar-refractivity contribution < 1.29 is 9.18 Å². The van der Waals surface area contributed by atoms with Crippen LogP contribution in [0.5, 0.6) is 0 Å². The molecule has 1 amide bonds. The fourth-order valence-electron chi connectivity index (χ4n) is 3.20. The number of aromatic nitrogens is 3. The van der Waals surface area contributed by atoms with E-state index in [0.717, 1.165) is 27.7 Å².